The van der Waals surface area contributed by atoms with Gasteiger partial charge in [-0.2, -0.15) is 13.2 Å². The summed E-state index contributed by atoms with van der Waals surface area (Å²) < 4.78 is 48.5. The Labute approximate surface area is 140 Å². The van der Waals surface area contributed by atoms with Gasteiger partial charge in [-0.1, -0.05) is 5.16 Å². The molecule has 0 spiro atoms. The van der Waals surface area contributed by atoms with Crippen LogP contribution in [0.4, 0.5) is 13.2 Å². The lowest BCUT2D eigenvalue weighted by Crippen LogP contribution is -2.10. The number of rotatable bonds is 6. The topological polar surface area (TPSA) is 52.9 Å². The Kier molecular flexibility index (Phi) is 5.66. The zero-order chi connectivity index (χ0) is 17.7. The third-order valence-corrected chi connectivity index (χ3v) is 3.93. The van der Waals surface area contributed by atoms with E-state index in [4.69, 9.17) is 14.3 Å². The molecule has 0 aliphatic rings. The lowest BCUT2D eigenvalue weighted by molar-refractivity contribution is -0.141. The first kappa shape index (κ1) is 18.1. The summed E-state index contributed by atoms with van der Waals surface area (Å²) in [5.74, 6) is 0.597. The van der Waals surface area contributed by atoms with Crippen molar-refractivity contribution in [2.45, 2.75) is 19.7 Å². The van der Waals surface area contributed by atoms with Gasteiger partial charge in [0, 0.05) is 5.38 Å². The Balaban J connectivity index is 2.08. The van der Waals surface area contributed by atoms with E-state index in [-0.39, 0.29) is 12.3 Å². The van der Waals surface area contributed by atoms with E-state index in [1.54, 1.807) is 12.3 Å². The summed E-state index contributed by atoms with van der Waals surface area (Å²) in [6, 6.07) is 2.45. The molecule has 0 aliphatic heterocycles. The number of aromatic nitrogens is 1. The zero-order valence-corrected chi connectivity index (χ0v) is 14.0. The van der Waals surface area contributed by atoms with Gasteiger partial charge in [-0.25, -0.2) is 4.98 Å². The number of hydrogen-bond donors (Lipinski definition) is 0. The van der Waals surface area contributed by atoms with Gasteiger partial charge < -0.3 is 14.3 Å². The molecule has 5 nitrogen and oxygen atoms in total. The number of halogens is 3. The monoisotopic (exact) mass is 360 g/mol. The molecular formula is C15H15F3N2O3S. The molecule has 0 N–H and O–H groups in total. The van der Waals surface area contributed by atoms with Gasteiger partial charge in [0.15, 0.2) is 5.06 Å². The number of alkyl halides is 3. The zero-order valence-electron chi connectivity index (χ0n) is 13.2. The normalized spacial score (nSPS) is 11.8. The van der Waals surface area contributed by atoms with Crippen molar-refractivity contribution in [3.8, 4) is 10.8 Å². The first-order valence-corrected chi connectivity index (χ1v) is 7.62. The van der Waals surface area contributed by atoms with Crippen LogP contribution in [0.3, 0.4) is 0 Å². The summed E-state index contributed by atoms with van der Waals surface area (Å²) >= 11 is 1.35. The second-order valence-corrected chi connectivity index (χ2v) is 5.58. The number of ether oxygens (including phenoxy) is 2. The molecule has 130 valence electrons. The van der Waals surface area contributed by atoms with Crippen molar-refractivity contribution in [1.82, 2.24) is 4.98 Å². The van der Waals surface area contributed by atoms with Crippen LogP contribution in [0.25, 0.3) is 0 Å². The van der Waals surface area contributed by atoms with E-state index in [0.717, 1.165) is 12.3 Å². The van der Waals surface area contributed by atoms with Crippen molar-refractivity contribution < 1.29 is 27.5 Å². The maximum absolute atomic E-state index is 12.7. The minimum atomic E-state index is -4.51. The predicted octanol–water partition coefficient (Wildman–Crippen LogP) is 4.04. The molecule has 9 heteroatoms. The summed E-state index contributed by atoms with van der Waals surface area (Å²) in [5, 5.41) is 6.05. The highest BCUT2D eigenvalue weighted by Gasteiger charge is 2.32. The van der Waals surface area contributed by atoms with Gasteiger partial charge in [-0.15, -0.1) is 11.3 Å². The van der Waals surface area contributed by atoms with Crippen molar-refractivity contribution in [3.63, 3.8) is 0 Å². The maximum Gasteiger partial charge on any atom is 0.433 e. The summed E-state index contributed by atoms with van der Waals surface area (Å²) in [4.78, 5) is 8.63. The average molecular weight is 360 g/mol. The first-order chi connectivity index (χ1) is 11.3. The van der Waals surface area contributed by atoms with E-state index in [9.17, 15) is 13.2 Å². The average Bonchev–Trinajstić information content (AvgIpc) is 2.92. The van der Waals surface area contributed by atoms with Crippen molar-refractivity contribution in [2.75, 3.05) is 14.2 Å². The lowest BCUT2D eigenvalue weighted by atomic mass is 10.2. The number of thiophene rings is 1. The van der Waals surface area contributed by atoms with Crippen LogP contribution in [-0.2, 0) is 17.6 Å². The molecule has 0 atom stereocenters. The molecule has 0 saturated carbocycles. The SMILES string of the molecule is COc1csc(OC)c1CON=Cc1cc(C)cc(C(F)(F)F)n1. The Morgan fingerprint density at radius 1 is 1.25 bits per heavy atom. The third kappa shape index (κ3) is 4.38. The van der Waals surface area contributed by atoms with Crippen LogP contribution >= 0.6 is 11.3 Å². The van der Waals surface area contributed by atoms with Gasteiger partial charge in [0.1, 0.15) is 18.1 Å². The van der Waals surface area contributed by atoms with Crippen molar-refractivity contribution in [3.05, 3.63) is 40.0 Å². The number of pyridine rings is 1. The fraction of sp³-hybridized carbons (Fsp3) is 0.333. The van der Waals surface area contributed by atoms with E-state index in [1.165, 1.54) is 31.6 Å². The van der Waals surface area contributed by atoms with Crippen LogP contribution in [0.2, 0.25) is 0 Å². The second-order valence-electron chi connectivity index (χ2n) is 4.73. The molecule has 0 unspecified atom stereocenters. The van der Waals surface area contributed by atoms with Crippen molar-refractivity contribution in [1.29, 1.82) is 0 Å². The van der Waals surface area contributed by atoms with E-state index < -0.39 is 11.9 Å². The van der Waals surface area contributed by atoms with E-state index in [2.05, 4.69) is 10.1 Å². The minimum Gasteiger partial charge on any atom is -0.495 e. The highest BCUT2D eigenvalue weighted by atomic mass is 32.1. The summed E-state index contributed by atoms with van der Waals surface area (Å²) in [6.07, 6.45) is -3.37. The Bertz CT molecular complexity index is 708. The molecule has 0 fully saturated rings. The number of hydrogen-bond acceptors (Lipinski definition) is 6. The largest absolute Gasteiger partial charge is 0.495 e. The number of methoxy groups -OCH3 is 2. The van der Waals surface area contributed by atoms with Gasteiger partial charge in [0.25, 0.3) is 0 Å². The van der Waals surface area contributed by atoms with Gasteiger partial charge in [0.2, 0.25) is 0 Å². The van der Waals surface area contributed by atoms with Crippen molar-refractivity contribution in [2.24, 2.45) is 5.16 Å². The highest BCUT2D eigenvalue weighted by Crippen LogP contribution is 2.36. The molecule has 0 radical (unpaired) electrons. The molecule has 0 saturated heterocycles. The minimum absolute atomic E-state index is 0.0598. The molecule has 2 aromatic heterocycles. The van der Waals surface area contributed by atoms with E-state index >= 15 is 0 Å². The van der Waals surface area contributed by atoms with Gasteiger partial charge >= 0.3 is 6.18 Å². The van der Waals surface area contributed by atoms with Gasteiger partial charge in [-0.3, -0.25) is 0 Å². The predicted molar refractivity (Wildman–Crippen MR) is 83.8 cm³/mol. The smallest absolute Gasteiger partial charge is 0.433 e. The van der Waals surface area contributed by atoms with Gasteiger partial charge in [-0.05, 0) is 24.6 Å². The molecule has 24 heavy (non-hydrogen) atoms. The molecular weight excluding hydrogens is 345 g/mol. The van der Waals surface area contributed by atoms with E-state index in [1.807, 2.05) is 0 Å². The first-order valence-electron chi connectivity index (χ1n) is 6.74. The van der Waals surface area contributed by atoms with Crippen molar-refractivity contribution >= 4 is 17.6 Å². The Morgan fingerprint density at radius 3 is 2.62 bits per heavy atom. The van der Waals surface area contributed by atoms with Crippen LogP contribution in [0.1, 0.15) is 22.5 Å². The second kappa shape index (κ2) is 7.52. The number of nitrogens with zero attached hydrogens (tertiary/aromatic N) is 2. The van der Waals surface area contributed by atoms with Crippen LogP contribution in [0.15, 0.2) is 22.7 Å². The summed E-state index contributed by atoms with van der Waals surface area (Å²) in [6.45, 7) is 1.61. The van der Waals surface area contributed by atoms with Crippen LogP contribution in [0, 0.1) is 6.92 Å². The van der Waals surface area contributed by atoms with Crippen LogP contribution in [0.5, 0.6) is 10.8 Å². The maximum atomic E-state index is 12.7. The fourth-order valence-electron chi connectivity index (χ4n) is 1.92. The Hall–Kier alpha value is -2.29. The molecule has 0 amide bonds. The molecule has 0 bridgehead atoms. The highest BCUT2D eigenvalue weighted by molar-refractivity contribution is 7.12. The standard InChI is InChI=1S/C15H15F3N2O3S/c1-9-4-10(20-13(5-9)15(16,17)18)6-19-23-7-11-12(21-2)8-24-14(11)22-3/h4-6,8H,7H2,1-3H3. The molecule has 2 aromatic rings. The van der Waals surface area contributed by atoms with Crippen LogP contribution < -0.4 is 9.47 Å². The fourth-order valence-corrected chi connectivity index (χ4v) is 2.77. The number of oxime groups is 1. The third-order valence-electron chi connectivity index (χ3n) is 2.97. The molecule has 2 rings (SSSR count). The molecule has 0 aromatic carbocycles. The Morgan fingerprint density at radius 2 is 2.00 bits per heavy atom. The molecule has 0 aliphatic carbocycles. The quantitative estimate of drug-likeness (QED) is 0.576. The summed E-state index contributed by atoms with van der Waals surface area (Å²) in [5.41, 5.74) is 0.201. The van der Waals surface area contributed by atoms with E-state index in [0.29, 0.717) is 21.9 Å². The number of aryl methyl sites for hydroxylation is 1. The van der Waals surface area contributed by atoms with Crippen LogP contribution in [-0.4, -0.2) is 25.4 Å². The lowest BCUT2D eigenvalue weighted by Gasteiger charge is -2.07. The molecule has 2 heterocycles. The van der Waals surface area contributed by atoms with Gasteiger partial charge in [0.05, 0.1) is 31.7 Å². The summed E-state index contributed by atoms with van der Waals surface area (Å²) in [7, 11) is 3.04.